The van der Waals surface area contributed by atoms with Gasteiger partial charge >= 0.3 is 5.92 Å². The zero-order chi connectivity index (χ0) is 20.1. The van der Waals surface area contributed by atoms with Crippen molar-refractivity contribution in [1.29, 1.82) is 0 Å². The van der Waals surface area contributed by atoms with E-state index in [-0.39, 0.29) is 17.5 Å². The molecule has 2 aromatic carbocycles. The van der Waals surface area contributed by atoms with Crippen LogP contribution < -0.4 is 4.74 Å². The lowest BCUT2D eigenvalue weighted by atomic mass is 10.0. The normalized spacial score (nSPS) is 18.6. The number of methoxy groups -OCH3 is 1. The number of halogens is 2. The van der Waals surface area contributed by atoms with Crippen LogP contribution in [-0.4, -0.2) is 35.2 Å². The molecule has 0 spiro atoms. The summed E-state index contributed by atoms with van der Waals surface area (Å²) < 4.78 is 34.0. The van der Waals surface area contributed by atoms with E-state index in [1.165, 1.54) is 30.3 Å². The summed E-state index contributed by atoms with van der Waals surface area (Å²) in [4.78, 5) is 13.9. The number of likely N-dealkylation sites (tertiary alicyclic amines) is 1. The second-order valence-corrected chi connectivity index (χ2v) is 6.79. The molecule has 148 valence electrons. The lowest BCUT2D eigenvalue weighted by Gasteiger charge is -2.24. The van der Waals surface area contributed by atoms with Crippen molar-refractivity contribution >= 4 is 5.91 Å². The number of hydrogen-bond donors (Lipinski definition) is 1. The quantitative estimate of drug-likeness (QED) is 0.734. The maximum absolute atomic E-state index is 14.4. The van der Waals surface area contributed by atoms with E-state index in [9.17, 15) is 18.7 Å². The van der Waals surface area contributed by atoms with Gasteiger partial charge < -0.3 is 14.7 Å². The Morgan fingerprint density at radius 2 is 1.89 bits per heavy atom. The van der Waals surface area contributed by atoms with E-state index in [4.69, 9.17) is 4.74 Å². The fraction of sp³-hybridized carbons (Fsp3) is 0.318. The summed E-state index contributed by atoms with van der Waals surface area (Å²) in [6, 6.07) is 14.2. The van der Waals surface area contributed by atoms with Crippen molar-refractivity contribution in [3.63, 3.8) is 0 Å². The summed E-state index contributed by atoms with van der Waals surface area (Å²) in [5.41, 5.74) is 0.675. The third kappa shape index (κ3) is 4.39. The Balaban J connectivity index is 1.70. The number of aliphatic hydroxyl groups excluding tert-OH is 1. The Bertz CT molecular complexity index is 821. The van der Waals surface area contributed by atoms with Crippen molar-refractivity contribution in [2.75, 3.05) is 7.11 Å². The standard InChI is InChI=1S/C22H23F2NO3/c1-28-19-11-7-16(8-12-19)15-25-18(10-14-21(25)27)9-13-20(26)22(23,24)17-5-3-2-4-6-17/h2-9,11-13,18,20,26H,10,14-15H2,1H3/t18-,20+/m0/s1. The second kappa shape index (κ2) is 8.52. The lowest BCUT2D eigenvalue weighted by Crippen LogP contribution is -2.33. The molecule has 1 heterocycles. The largest absolute Gasteiger partial charge is 0.497 e. The highest BCUT2D eigenvalue weighted by molar-refractivity contribution is 5.79. The number of benzene rings is 2. The van der Waals surface area contributed by atoms with E-state index >= 15 is 0 Å². The molecule has 1 N–H and O–H groups in total. The molecule has 2 atom stereocenters. The average Bonchev–Trinajstić information content (AvgIpc) is 3.06. The maximum Gasteiger partial charge on any atom is 0.302 e. The van der Waals surface area contributed by atoms with Crippen molar-refractivity contribution in [2.45, 2.75) is 37.5 Å². The van der Waals surface area contributed by atoms with Crippen LogP contribution in [0.3, 0.4) is 0 Å². The smallest absolute Gasteiger partial charge is 0.302 e. The summed E-state index contributed by atoms with van der Waals surface area (Å²) in [6.07, 6.45) is 1.53. The van der Waals surface area contributed by atoms with Gasteiger partial charge in [0.2, 0.25) is 5.91 Å². The predicted octanol–water partition coefficient (Wildman–Crippen LogP) is 3.90. The predicted molar refractivity (Wildman–Crippen MR) is 102 cm³/mol. The summed E-state index contributed by atoms with van der Waals surface area (Å²) in [5.74, 6) is -2.71. The number of carbonyl (C=O) groups is 1. The van der Waals surface area contributed by atoms with Gasteiger partial charge in [0.15, 0.2) is 0 Å². The van der Waals surface area contributed by atoms with Gasteiger partial charge in [0.25, 0.3) is 0 Å². The zero-order valence-electron chi connectivity index (χ0n) is 15.6. The molecule has 0 bridgehead atoms. The molecule has 1 saturated heterocycles. The van der Waals surface area contributed by atoms with Crippen molar-refractivity contribution in [2.24, 2.45) is 0 Å². The van der Waals surface area contributed by atoms with E-state index in [1.54, 1.807) is 18.1 Å². The summed E-state index contributed by atoms with van der Waals surface area (Å²) in [5, 5.41) is 10.0. The summed E-state index contributed by atoms with van der Waals surface area (Å²) in [6.45, 7) is 0.378. The van der Waals surface area contributed by atoms with Gasteiger partial charge in [-0.25, -0.2) is 0 Å². The number of amides is 1. The van der Waals surface area contributed by atoms with Crippen LogP contribution in [-0.2, 0) is 17.3 Å². The number of alkyl halides is 2. The van der Waals surface area contributed by atoms with Crippen LogP contribution in [0.15, 0.2) is 66.7 Å². The average molecular weight is 387 g/mol. The van der Waals surface area contributed by atoms with E-state index in [1.807, 2.05) is 24.3 Å². The second-order valence-electron chi connectivity index (χ2n) is 6.79. The minimum absolute atomic E-state index is 0.0326. The minimum atomic E-state index is -3.40. The van der Waals surface area contributed by atoms with Crippen LogP contribution in [0.4, 0.5) is 8.78 Å². The van der Waals surface area contributed by atoms with Crippen molar-refractivity contribution in [3.05, 3.63) is 77.9 Å². The molecule has 0 saturated carbocycles. The van der Waals surface area contributed by atoms with Gasteiger partial charge in [-0.15, -0.1) is 0 Å². The number of carbonyl (C=O) groups excluding carboxylic acids is 1. The summed E-state index contributed by atoms with van der Waals surface area (Å²) >= 11 is 0. The first-order valence-electron chi connectivity index (χ1n) is 9.14. The van der Waals surface area contributed by atoms with E-state index in [0.717, 1.165) is 17.4 Å². The van der Waals surface area contributed by atoms with E-state index in [0.29, 0.717) is 19.4 Å². The maximum atomic E-state index is 14.4. The Morgan fingerprint density at radius 3 is 2.54 bits per heavy atom. The van der Waals surface area contributed by atoms with Crippen molar-refractivity contribution in [1.82, 2.24) is 4.90 Å². The fourth-order valence-corrected chi connectivity index (χ4v) is 3.27. The Morgan fingerprint density at radius 1 is 1.21 bits per heavy atom. The van der Waals surface area contributed by atoms with Gasteiger partial charge in [-0.2, -0.15) is 8.78 Å². The Labute approximate surface area is 163 Å². The van der Waals surface area contributed by atoms with E-state index < -0.39 is 12.0 Å². The lowest BCUT2D eigenvalue weighted by molar-refractivity contribution is -0.129. The van der Waals surface area contributed by atoms with Crippen molar-refractivity contribution < 1.29 is 23.4 Å². The molecule has 0 aromatic heterocycles. The molecule has 4 nitrogen and oxygen atoms in total. The van der Waals surface area contributed by atoms with Crippen LogP contribution in [0.5, 0.6) is 5.75 Å². The van der Waals surface area contributed by atoms with Gasteiger partial charge in [0.05, 0.1) is 13.2 Å². The highest BCUT2D eigenvalue weighted by Gasteiger charge is 2.39. The third-order valence-electron chi connectivity index (χ3n) is 4.93. The van der Waals surface area contributed by atoms with Gasteiger partial charge in [-0.05, 0) is 24.1 Å². The minimum Gasteiger partial charge on any atom is -0.497 e. The monoisotopic (exact) mass is 387 g/mol. The zero-order valence-corrected chi connectivity index (χ0v) is 15.6. The van der Waals surface area contributed by atoms with Crippen LogP contribution in [0.1, 0.15) is 24.0 Å². The number of hydrogen-bond acceptors (Lipinski definition) is 3. The van der Waals surface area contributed by atoms with Crippen LogP contribution in [0, 0.1) is 0 Å². The highest BCUT2D eigenvalue weighted by Crippen LogP contribution is 2.33. The topological polar surface area (TPSA) is 49.8 Å². The molecule has 1 aliphatic rings. The highest BCUT2D eigenvalue weighted by atomic mass is 19.3. The molecule has 3 rings (SSSR count). The molecule has 1 fully saturated rings. The molecular formula is C22H23F2NO3. The molecule has 0 aliphatic carbocycles. The Hall–Kier alpha value is -2.73. The molecule has 2 aromatic rings. The molecule has 1 amide bonds. The van der Waals surface area contributed by atoms with Crippen LogP contribution in [0.25, 0.3) is 0 Å². The SMILES string of the molecule is COc1ccc(CN2C(=O)CC[C@@H]2C=C[C@@H](O)C(F)(F)c2ccccc2)cc1. The molecule has 28 heavy (non-hydrogen) atoms. The fourth-order valence-electron chi connectivity index (χ4n) is 3.27. The first-order valence-corrected chi connectivity index (χ1v) is 9.14. The van der Waals surface area contributed by atoms with Gasteiger partial charge in [-0.1, -0.05) is 54.6 Å². The van der Waals surface area contributed by atoms with Gasteiger partial charge in [0.1, 0.15) is 11.9 Å². The van der Waals surface area contributed by atoms with E-state index in [2.05, 4.69) is 0 Å². The number of ether oxygens (including phenoxy) is 1. The molecular weight excluding hydrogens is 364 g/mol. The number of aliphatic hydroxyl groups is 1. The van der Waals surface area contributed by atoms with Crippen molar-refractivity contribution in [3.8, 4) is 5.75 Å². The third-order valence-corrected chi connectivity index (χ3v) is 4.93. The summed E-state index contributed by atoms with van der Waals surface area (Å²) in [7, 11) is 1.58. The molecule has 0 unspecified atom stereocenters. The molecule has 0 radical (unpaired) electrons. The number of rotatable bonds is 7. The van der Waals surface area contributed by atoms with Gasteiger partial charge in [-0.3, -0.25) is 4.79 Å². The van der Waals surface area contributed by atoms with Crippen LogP contribution in [0.2, 0.25) is 0 Å². The first-order chi connectivity index (χ1) is 13.4. The van der Waals surface area contributed by atoms with Crippen LogP contribution >= 0.6 is 0 Å². The van der Waals surface area contributed by atoms with Gasteiger partial charge in [0, 0.05) is 18.5 Å². The Kier molecular flexibility index (Phi) is 6.09. The number of nitrogens with zero attached hydrogens (tertiary/aromatic N) is 1. The molecule has 1 aliphatic heterocycles. The first kappa shape index (κ1) is 20.0. The molecule has 6 heteroatoms.